The molecule has 66 valence electrons. The molecule has 1 aromatic carbocycles. The van der Waals surface area contributed by atoms with E-state index in [0.29, 0.717) is 12.2 Å². The van der Waals surface area contributed by atoms with E-state index in [9.17, 15) is 4.79 Å². The molecule has 0 bridgehead atoms. The van der Waals surface area contributed by atoms with Crippen molar-refractivity contribution in [3.8, 4) is 0 Å². The lowest BCUT2D eigenvalue weighted by atomic mass is 10.1. The Bertz CT molecular complexity index is 383. The monoisotopic (exact) mass is 175 g/mol. The van der Waals surface area contributed by atoms with Crippen molar-refractivity contribution in [3.63, 3.8) is 0 Å². The Labute approximate surface area is 76.1 Å². The van der Waals surface area contributed by atoms with Gasteiger partial charge in [0.25, 0.3) is 0 Å². The Morgan fingerprint density at radius 2 is 2.38 bits per heavy atom. The van der Waals surface area contributed by atoms with Crippen molar-refractivity contribution in [3.05, 3.63) is 34.9 Å². The first-order valence-corrected chi connectivity index (χ1v) is 4.03. The predicted octanol–water partition coefficient (Wildman–Crippen LogP) is 1.41. The maximum absolute atomic E-state index is 11.1. The van der Waals surface area contributed by atoms with Gasteiger partial charge in [0.05, 0.1) is 5.56 Å². The zero-order valence-electron chi connectivity index (χ0n) is 7.28. The molecule has 0 atom stereocenters. The Balaban J connectivity index is 2.45. The maximum atomic E-state index is 11.1. The highest BCUT2D eigenvalue weighted by Gasteiger charge is 2.20. The van der Waals surface area contributed by atoms with Crippen LogP contribution in [0.2, 0.25) is 0 Å². The number of benzene rings is 1. The molecule has 0 aliphatic carbocycles. The summed E-state index contributed by atoms with van der Waals surface area (Å²) in [6, 6.07) is 5.56. The van der Waals surface area contributed by atoms with Crippen molar-refractivity contribution in [2.45, 2.75) is 6.61 Å². The summed E-state index contributed by atoms with van der Waals surface area (Å²) in [6.07, 6.45) is 1.75. The summed E-state index contributed by atoms with van der Waals surface area (Å²) in [6.45, 7) is 0.388. The number of esters is 1. The first kappa shape index (κ1) is 7.98. The molecular formula is C10H9NO2. The van der Waals surface area contributed by atoms with E-state index in [0.717, 1.165) is 11.1 Å². The number of hydrogen-bond donors (Lipinski definition) is 0. The highest BCUT2D eigenvalue weighted by atomic mass is 16.5. The van der Waals surface area contributed by atoms with Gasteiger partial charge >= 0.3 is 5.97 Å². The second kappa shape index (κ2) is 3.01. The van der Waals surface area contributed by atoms with E-state index in [1.807, 2.05) is 12.1 Å². The summed E-state index contributed by atoms with van der Waals surface area (Å²) in [5, 5.41) is 0. The third-order valence-electron chi connectivity index (χ3n) is 1.99. The van der Waals surface area contributed by atoms with Crippen molar-refractivity contribution in [2.75, 3.05) is 7.05 Å². The minimum absolute atomic E-state index is 0.227. The number of carbonyl (C=O) groups excluding carboxylic acids is 1. The van der Waals surface area contributed by atoms with Gasteiger partial charge in [0.1, 0.15) is 6.61 Å². The summed E-state index contributed by atoms with van der Waals surface area (Å²) in [7, 11) is 1.72. The third-order valence-corrected chi connectivity index (χ3v) is 1.99. The van der Waals surface area contributed by atoms with Crippen molar-refractivity contribution in [1.29, 1.82) is 0 Å². The van der Waals surface area contributed by atoms with Crippen LogP contribution in [0.4, 0.5) is 0 Å². The SMILES string of the molecule is C/N=C\c1ccc2c(c1)COC2=O. The molecule has 0 saturated heterocycles. The number of rotatable bonds is 1. The lowest BCUT2D eigenvalue weighted by molar-refractivity contribution is 0.0535. The number of fused-ring (bicyclic) bond motifs is 1. The number of ether oxygens (including phenoxy) is 1. The maximum Gasteiger partial charge on any atom is 0.338 e. The predicted molar refractivity (Wildman–Crippen MR) is 49.1 cm³/mol. The van der Waals surface area contributed by atoms with Gasteiger partial charge < -0.3 is 4.74 Å². The Hall–Kier alpha value is -1.64. The normalized spacial score (nSPS) is 14.7. The Morgan fingerprint density at radius 1 is 1.54 bits per heavy atom. The fraction of sp³-hybridized carbons (Fsp3) is 0.200. The van der Waals surface area contributed by atoms with Crippen molar-refractivity contribution >= 4 is 12.2 Å². The molecule has 13 heavy (non-hydrogen) atoms. The van der Waals surface area contributed by atoms with Crippen LogP contribution in [-0.4, -0.2) is 19.2 Å². The minimum atomic E-state index is -0.227. The van der Waals surface area contributed by atoms with Gasteiger partial charge in [0.15, 0.2) is 0 Å². The zero-order valence-corrected chi connectivity index (χ0v) is 7.28. The summed E-state index contributed by atoms with van der Waals surface area (Å²) in [5.74, 6) is -0.227. The fourth-order valence-electron chi connectivity index (χ4n) is 1.38. The molecule has 0 N–H and O–H groups in total. The van der Waals surface area contributed by atoms with E-state index in [1.54, 1.807) is 19.3 Å². The first-order chi connectivity index (χ1) is 6.31. The standard InChI is InChI=1S/C10H9NO2/c1-11-5-7-2-3-9-8(4-7)6-13-10(9)12/h2-5H,6H2,1H3/b11-5-. The minimum Gasteiger partial charge on any atom is -0.457 e. The second-order valence-corrected chi connectivity index (χ2v) is 2.88. The molecule has 3 heteroatoms. The molecule has 0 radical (unpaired) electrons. The molecule has 3 nitrogen and oxygen atoms in total. The van der Waals surface area contributed by atoms with Gasteiger partial charge in [-0.2, -0.15) is 0 Å². The highest BCUT2D eigenvalue weighted by molar-refractivity contribution is 5.94. The van der Waals surface area contributed by atoms with Gasteiger partial charge in [-0.05, 0) is 17.7 Å². The molecule has 1 aliphatic rings. The molecule has 0 amide bonds. The van der Waals surface area contributed by atoms with Gasteiger partial charge in [0.2, 0.25) is 0 Å². The number of aliphatic imine (C=N–C) groups is 1. The van der Waals surface area contributed by atoms with Gasteiger partial charge in [-0.1, -0.05) is 6.07 Å². The number of carbonyl (C=O) groups is 1. The fourth-order valence-corrected chi connectivity index (χ4v) is 1.38. The summed E-state index contributed by atoms with van der Waals surface area (Å²) in [5.41, 5.74) is 2.62. The van der Waals surface area contributed by atoms with Gasteiger partial charge in [-0.15, -0.1) is 0 Å². The van der Waals surface area contributed by atoms with E-state index in [2.05, 4.69) is 4.99 Å². The largest absolute Gasteiger partial charge is 0.457 e. The van der Waals surface area contributed by atoms with E-state index < -0.39 is 0 Å². The Kier molecular flexibility index (Phi) is 1.85. The average molecular weight is 175 g/mol. The van der Waals surface area contributed by atoms with Crippen molar-refractivity contribution in [1.82, 2.24) is 0 Å². The quantitative estimate of drug-likeness (QED) is 0.478. The first-order valence-electron chi connectivity index (χ1n) is 4.03. The van der Waals surface area contributed by atoms with Crippen LogP contribution in [0.1, 0.15) is 21.5 Å². The third kappa shape index (κ3) is 1.33. The second-order valence-electron chi connectivity index (χ2n) is 2.88. The van der Waals surface area contributed by atoms with Crippen LogP contribution in [0.3, 0.4) is 0 Å². The molecule has 1 heterocycles. The Morgan fingerprint density at radius 3 is 3.15 bits per heavy atom. The molecule has 2 rings (SSSR count). The summed E-state index contributed by atoms with van der Waals surface area (Å²) < 4.78 is 4.87. The van der Waals surface area contributed by atoms with Crippen LogP contribution >= 0.6 is 0 Å². The average Bonchev–Trinajstić information content (AvgIpc) is 2.48. The highest BCUT2D eigenvalue weighted by Crippen LogP contribution is 2.20. The van der Waals surface area contributed by atoms with Crippen molar-refractivity contribution in [2.24, 2.45) is 4.99 Å². The van der Waals surface area contributed by atoms with Gasteiger partial charge in [-0.25, -0.2) is 4.79 Å². The summed E-state index contributed by atoms with van der Waals surface area (Å²) in [4.78, 5) is 15.0. The molecular weight excluding hydrogens is 166 g/mol. The van der Waals surface area contributed by atoms with E-state index in [4.69, 9.17) is 4.74 Å². The van der Waals surface area contributed by atoms with E-state index in [1.165, 1.54) is 0 Å². The lowest BCUT2D eigenvalue weighted by Gasteiger charge is -1.95. The number of hydrogen-bond acceptors (Lipinski definition) is 3. The van der Waals surface area contributed by atoms with Crippen LogP contribution in [0.15, 0.2) is 23.2 Å². The lowest BCUT2D eigenvalue weighted by Crippen LogP contribution is -1.93. The van der Waals surface area contributed by atoms with Crippen LogP contribution in [0, 0.1) is 0 Å². The van der Waals surface area contributed by atoms with Crippen LogP contribution in [0.25, 0.3) is 0 Å². The van der Waals surface area contributed by atoms with E-state index >= 15 is 0 Å². The molecule has 1 aliphatic heterocycles. The zero-order chi connectivity index (χ0) is 9.26. The number of cyclic esters (lactones) is 1. The summed E-state index contributed by atoms with van der Waals surface area (Å²) >= 11 is 0. The van der Waals surface area contributed by atoms with Crippen molar-refractivity contribution < 1.29 is 9.53 Å². The molecule has 0 fully saturated rings. The van der Waals surface area contributed by atoms with Gasteiger partial charge in [0, 0.05) is 18.8 Å². The van der Waals surface area contributed by atoms with Crippen LogP contribution < -0.4 is 0 Å². The molecule has 0 aromatic heterocycles. The molecule has 1 aromatic rings. The smallest absolute Gasteiger partial charge is 0.338 e. The van der Waals surface area contributed by atoms with E-state index in [-0.39, 0.29) is 5.97 Å². The topological polar surface area (TPSA) is 38.7 Å². The van der Waals surface area contributed by atoms with Gasteiger partial charge in [-0.3, -0.25) is 4.99 Å². The molecule has 0 saturated carbocycles. The molecule has 0 unspecified atom stereocenters. The van der Waals surface area contributed by atoms with Crippen LogP contribution in [-0.2, 0) is 11.3 Å². The number of nitrogens with zero attached hydrogens (tertiary/aromatic N) is 1. The van der Waals surface area contributed by atoms with Crippen LogP contribution in [0.5, 0.6) is 0 Å². The molecule has 0 spiro atoms.